The number of nitrogens with one attached hydrogen (secondary N) is 1. The van der Waals surface area contributed by atoms with Crippen LogP contribution in [0.5, 0.6) is 0 Å². The number of fused-ring (bicyclic) bond motifs is 1. The van der Waals surface area contributed by atoms with Crippen molar-refractivity contribution >= 4 is 16.6 Å². The standard InChI is InChI=1S/C17H23N3O/c1-12-10-20(11-13(2)21-12)17-16-7-5-4-6-15(16)14(8-18-3)9-19-17/h4-7,9,12-13,18H,8,10-11H2,1-3H3/t12-,13+. The van der Waals surface area contributed by atoms with Crippen molar-refractivity contribution in [2.24, 2.45) is 0 Å². The van der Waals surface area contributed by atoms with Crippen molar-refractivity contribution in [2.45, 2.75) is 32.6 Å². The van der Waals surface area contributed by atoms with Gasteiger partial charge in [0.15, 0.2) is 0 Å². The van der Waals surface area contributed by atoms with Gasteiger partial charge < -0.3 is 15.0 Å². The number of nitrogens with zero attached hydrogens (tertiary/aromatic N) is 2. The molecule has 1 fully saturated rings. The molecule has 4 heteroatoms. The minimum absolute atomic E-state index is 0.242. The predicted octanol–water partition coefficient (Wildman–Crippen LogP) is 2.57. The lowest BCUT2D eigenvalue weighted by molar-refractivity contribution is -0.00536. The van der Waals surface area contributed by atoms with Crippen molar-refractivity contribution < 1.29 is 4.74 Å². The molecule has 0 aliphatic carbocycles. The summed E-state index contributed by atoms with van der Waals surface area (Å²) in [7, 11) is 1.97. The fraction of sp³-hybridized carbons (Fsp3) is 0.471. The molecule has 3 rings (SSSR count). The van der Waals surface area contributed by atoms with Crippen LogP contribution in [0.3, 0.4) is 0 Å². The Morgan fingerprint density at radius 2 is 1.86 bits per heavy atom. The van der Waals surface area contributed by atoms with Crippen LogP contribution in [0.1, 0.15) is 19.4 Å². The van der Waals surface area contributed by atoms with E-state index in [0.717, 1.165) is 25.5 Å². The summed E-state index contributed by atoms with van der Waals surface area (Å²) in [5.74, 6) is 1.08. The maximum absolute atomic E-state index is 5.83. The second kappa shape index (κ2) is 6.00. The van der Waals surface area contributed by atoms with Crippen molar-refractivity contribution in [3.8, 4) is 0 Å². The number of anilines is 1. The second-order valence-corrected chi connectivity index (χ2v) is 5.85. The van der Waals surface area contributed by atoms with E-state index >= 15 is 0 Å². The molecule has 1 saturated heterocycles. The zero-order valence-electron chi connectivity index (χ0n) is 13.0. The number of morpholine rings is 1. The molecule has 112 valence electrons. The zero-order chi connectivity index (χ0) is 14.8. The first-order valence-corrected chi connectivity index (χ1v) is 7.60. The third-order valence-corrected chi connectivity index (χ3v) is 3.94. The highest BCUT2D eigenvalue weighted by molar-refractivity contribution is 5.94. The van der Waals surface area contributed by atoms with Gasteiger partial charge in [-0.2, -0.15) is 0 Å². The third-order valence-electron chi connectivity index (χ3n) is 3.94. The first kappa shape index (κ1) is 14.3. The molecule has 0 bridgehead atoms. The van der Waals surface area contributed by atoms with E-state index in [0.29, 0.717) is 0 Å². The van der Waals surface area contributed by atoms with Gasteiger partial charge in [0.05, 0.1) is 12.2 Å². The molecule has 0 radical (unpaired) electrons. The molecule has 4 nitrogen and oxygen atoms in total. The molecule has 2 aromatic rings. The normalized spacial score (nSPS) is 22.7. The number of hydrogen-bond donors (Lipinski definition) is 1. The average Bonchev–Trinajstić information content (AvgIpc) is 2.47. The summed E-state index contributed by atoms with van der Waals surface area (Å²) in [6.45, 7) is 6.88. The topological polar surface area (TPSA) is 37.4 Å². The number of hydrogen-bond acceptors (Lipinski definition) is 4. The number of ether oxygens (including phenoxy) is 1. The largest absolute Gasteiger partial charge is 0.372 e. The van der Waals surface area contributed by atoms with Crippen LogP contribution < -0.4 is 10.2 Å². The summed E-state index contributed by atoms with van der Waals surface area (Å²) in [6.07, 6.45) is 2.48. The fourth-order valence-electron chi connectivity index (χ4n) is 3.17. The number of aromatic nitrogens is 1. The summed E-state index contributed by atoms with van der Waals surface area (Å²) in [5.41, 5.74) is 1.24. The zero-order valence-corrected chi connectivity index (χ0v) is 13.0. The molecule has 0 spiro atoms. The quantitative estimate of drug-likeness (QED) is 0.940. The minimum Gasteiger partial charge on any atom is -0.372 e. The highest BCUT2D eigenvalue weighted by atomic mass is 16.5. The van der Waals surface area contributed by atoms with Crippen LogP contribution in [0.4, 0.5) is 5.82 Å². The Morgan fingerprint density at radius 3 is 2.52 bits per heavy atom. The van der Waals surface area contributed by atoms with Crippen LogP contribution >= 0.6 is 0 Å². The van der Waals surface area contributed by atoms with Gasteiger partial charge in [0.25, 0.3) is 0 Å². The van der Waals surface area contributed by atoms with Gasteiger partial charge in [-0.25, -0.2) is 4.98 Å². The van der Waals surface area contributed by atoms with E-state index in [4.69, 9.17) is 9.72 Å². The summed E-state index contributed by atoms with van der Waals surface area (Å²) < 4.78 is 5.83. The molecule has 21 heavy (non-hydrogen) atoms. The van der Waals surface area contributed by atoms with Gasteiger partial charge in [-0.3, -0.25) is 0 Å². The van der Waals surface area contributed by atoms with Crippen LogP contribution in [0.2, 0.25) is 0 Å². The van der Waals surface area contributed by atoms with Crippen molar-refractivity contribution in [1.82, 2.24) is 10.3 Å². The number of pyridine rings is 1. The first-order valence-electron chi connectivity index (χ1n) is 7.60. The van der Waals surface area contributed by atoms with E-state index in [9.17, 15) is 0 Å². The lowest BCUT2D eigenvalue weighted by atomic mass is 10.1. The maximum atomic E-state index is 5.83. The summed E-state index contributed by atoms with van der Waals surface area (Å²) in [6, 6.07) is 8.53. The molecular weight excluding hydrogens is 262 g/mol. The van der Waals surface area contributed by atoms with Gasteiger partial charge in [0.2, 0.25) is 0 Å². The van der Waals surface area contributed by atoms with Crippen LogP contribution in [-0.2, 0) is 11.3 Å². The third kappa shape index (κ3) is 2.87. The molecule has 1 aromatic heterocycles. The van der Waals surface area contributed by atoms with Gasteiger partial charge in [-0.1, -0.05) is 24.3 Å². The molecule has 0 saturated carbocycles. The van der Waals surface area contributed by atoms with Crippen LogP contribution in [0.25, 0.3) is 10.8 Å². The summed E-state index contributed by atoms with van der Waals surface area (Å²) >= 11 is 0. The van der Waals surface area contributed by atoms with Crippen molar-refractivity contribution in [2.75, 3.05) is 25.0 Å². The Labute approximate surface area is 126 Å². The van der Waals surface area contributed by atoms with E-state index in [2.05, 4.69) is 48.3 Å². The van der Waals surface area contributed by atoms with Gasteiger partial charge in [0.1, 0.15) is 5.82 Å². The lowest BCUT2D eigenvalue weighted by Gasteiger charge is -2.36. The monoisotopic (exact) mass is 285 g/mol. The van der Waals surface area contributed by atoms with Crippen molar-refractivity contribution in [3.05, 3.63) is 36.0 Å². The van der Waals surface area contributed by atoms with Gasteiger partial charge in [0, 0.05) is 31.2 Å². The molecule has 0 amide bonds. The smallest absolute Gasteiger partial charge is 0.136 e. The van der Waals surface area contributed by atoms with E-state index in [1.165, 1.54) is 16.3 Å². The van der Waals surface area contributed by atoms with E-state index in [1.807, 2.05) is 13.2 Å². The Bertz CT molecular complexity index is 618. The van der Waals surface area contributed by atoms with E-state index in [1.54, 1.807) is 0 Å². The second-order valence-electron chi connectivity index (χ2n) is 5.85. The van der Waals surface area contributed by atoms with E-state index < -0.39 is 0 Å². The fourth-order valence-corrected chi connectivity index (χ4v) is 3.17. The summed E-state index contributed by atoms with van der Waals surface area (Å²) in [4.78, 5) is 7.10. The van der Waals surface area contributed by atoms with Gasteiger partial charge >= 0.3 is 0 Å². The molecule has 1 N–H and O–H groups in total. The average molecular weight is 285 g/mol. The first-order chi connectivity index (χ1) is 10.2. The molecular formula is C17H23N3O. The Hall–Kier alpha value is -1.65. The number of benzene rings is 1. The Balaban J connectivity index is 2.05. The van der Waals surface area contributed by atoms with Crippen LogP contribution in [-0.4, -0.2) is 37.3 Å². The Kier molecular flexibility index (Phi) is 4.08. The highest BCUT2D eigenvalue weighted by Crippen LogP contribution is 2.29. The molecule has 1 aliphatic rings. The van der Waals surface area contributed by atoms with E-state index in [-0.39, 0.29) is 12.2 Å². The van der Waals surface area contributed by atoms with Crippen molar-refractivity contribution in [3.63, 3.8) is 0 Å². The van der Waals surface area contributed by atoms with Crippen LogP contribution in [0, 0.1) is 0 Å². The maximum Gasteiger partial charge on any atom is 0.136 e. The van der Waals surface area contributed by atoms with Crippen molar-refractivity contribution in [1.29, 1.82) is 0 Å². The highest BCUT2D eigenvalue weighted by Gasteiger charge is 2.24. The SMILES string of the molecule is CNCc1cnc(N2C[C@@H](C)O[C@@H](C)C2)c2ccccc12. The molecule has 0 unspecified atom stereocenters. The van der Waals surface area contributed by atoms with Gasteiger partial charge in [-0.15, -0.1) is 0 Å². The molecule has 1 aliphatic heterocycles. The minimum atomic E-state index is 0.242. The Morgan fingerprint density at radius 1 is 1.19 bits per heavy atom. The number of rotatable bonds is 3. The molecule has 2 atom stereocenters. The van der Waals surface area contributed by atoms with Gasteiger partial charge in [-0.05, 0) is 31.8 Å². The predicted molar refractivity (Wildman–Crippen MR) is 86.7 cm³/mol. The molecule has 2 heterocycles. The van der Waals surface area contributed by atoms with Crippen LogP contribution in [0.15, 0.2) is 30.5 Å². The lowest BCUT2D eigenvalue weighted by Crippen LogP contribution is -2.45. The summed E-state index contributed by atoms with van der Waals surface area (Å²) in [5, 5.41) is 5.73. The molecule has 1 aromatic carbocycles.